The Hall–Kier alpha value is -1.75. The van der Waals surface area contributed by atoms with E-state index in [1.54, 1.807) is 25.6 Å². The number of aromatic nitrogens is 1. The van der Waals surface area contributed by atoms with Crippen molar-refractivity contribution in [2.75, 3.05) is 45.8 Å². The molecule has 1 aliphatic rings. The molecule has 3 rings (SSSR count). The van der Waals surface area contributed by atoms with E-state index >= 15 is 0 Å². The van der Waals surface area contributed by atoms with E-state index in [1.807, 2.05) is 19.3 Å². The minimum absolute atomic E-state index is 0. The van der Waals surface area contributed by atoms with Crippen LogP contribution in [-0.4, -0.2) is 57.9 Å². The fourth-order valence-corrected chi connectivity index (χ4v) is 4.25. The Balaban J connectivity index is 0.00000320. The first-order valence-corrected chi connectivity index (χ1v) is 10.9. The van der Waals surface area contributed by atoms with Gasteiger partial charge in [0, 0.05) is 74.1 Å². The van der Waals surface area contributed by atoms with Crippen molar-refractivity contribution >= 4 is 47.0 Å². The highest BCUT2D eigenvalue weighted by Crippen LogP contribution is 2.30. The predicted molar refractivity (Wildman–Crippen MR) is 135 cm³/mol. The molecule has 2 N–H and O–H groups in total. The van der Waals surface area contributed by atoms with Gasteiger partial charge in [0.1, 0.15) is 11.5 Å². The molecule has 0 saturated carbocycles. The number of guanidine groups is 1. The molecule has 1 aromatic carbocycles. The average molecular weight is 545 g/mol. The summed E-state index contributed by atoms with van der Waals surface area (Å²) in [5.74, 6) is 2.45. The number of benzene rings is 1. The highest BCUT2D eigenvalue weighted by molar-refractivity contribution is 14.0. The summed E-state index contributed by atoms with van der Waals surface area (Å²) in [6.45, 7) is 4.86. The van der Waals surface area contributed by atoms with Crippen LogP contribution in [0, 0.1) is 0 Å². The number of hydrogen-bond donors (Lipinski definition) is 2. The topological polar surface area (TPSA) is 71.0 Å². The van der Waals surface area contributed by atoms with Gasteiger partial charge in [-0.2, -0.15) is 0 Å². The Morgan fingerprint density at radius 2 is 2.00 bits per heavy atom. The van der Waals surface area contributed by atoms with Gasteiger partial charge in [-0.25, -0.2) is 4.98 Å². The normalized spacial score (nSPS) is 16.2. The molecule has 0 bridgehead atoms. The second kappa shape index (κ2) is 12.2. The smallest absolute Gasteiger partial charge is 0.191 e. The number of hydrogen-bond acceptors (Lipinski definition) is 6. The Bertz CT molecular complexity index is 807. The monoisotopic (exact) mass is 545 g/mol. The molecular weight excluding hydrogens is 513 g/mol. The van der Waals surface area contributed by atoms with Crippen molar-refractivity contribution in [3.05, 3.63) is 34.3 Å². The molecule has 0 amide bonds. The number of methoxy groups -OCH3 is 2. The summed E-state index contributed by atoms with van der Waals surface area (Å²) >= 11 is 1.79. The summed E-state index contributed by atoms with van der Waals surface area (Å²) in [6.07, 6.45) is 4.98. The van der Waals surface area contributed by atoms with Gasteiger partial charge in [0.05, 0.1) is 19.2 Å². The zero-order valence-electron chi connectivity index (χ0n) is 18.1. The van der Waals surface area contributed by atoms with Crippen molar-refractivity contribution in [2.24, 2.45) is 4.99 Å². The third-order valence-corrected chi connectivity index (χ3v) is 6.24. The fourth-order valence-electron chi connectivity index (χ4n) is 3.39. The van der Waals surface area contributed by atoms with E-state index in [-0.39, 0.29) is 24.0 Å². The number of nitrogens with one attached hydrogen (secondary N) is 2. The Morgan fingerprint density at radius 3 is 2.60 bits per heavy atom. The van der Waals surface area contributed by atoms with Crippen molar-refractivity contribution < 1.29 is 9.47 Å². The lowest BCUT2D eigenvalue weighted by molar-refractivity contribution is 0.394. The number of anilines is 1. The summed E-state index contributed by atoms with van der Waals surface area (Å²) in [5.41, 5.74) is 1.11. The van der Waals surface area contributed by atoms with Gasteiger partial charge in [0.15, 0.2) is 5.96 Å². The minimum atomic E-state index is 0. The second-order valence-corrected chi connectivity index (χ2v) is 8.17. The van der Waals surface area contributed by atoms with Crippen LogP contribution in [0.15, 0.2) is 29.4 Å². The largest absolute Gasteiger partial charge is 0.497 e. The van der Waals surface area contributed by atoms with Crippen LogP contribution in [0.5, 0.6) is 11.5 Å². The highest BCUT2D eigenvalue weighted by atomic mass is 127. The first-order valence-electron chi connectivity index (χ1n) is 10.0. The zero-order chi connectivity index (χ0) is 20.6. The molecule has 2 aromatic rings. The first-order chi connectivity index (χ1) is 14.1. The van der Waals surface area contributed by atoms with Crippen LogP contribution < -0.4 is 25.0 Å². The van der Waals surface area contributed by atoms with Gasteiger partial charge in [-0.15, -0.1) is 35.3 Å². The second-order valence-electron chi connectivity index (χ2n) is 6.97. The molecule has 1 fully saturated rings. The third kappa shape index (κ3) is 6.63. The van der Waals surface area contributed by atoms with E-state index in [9.17, 15) is 0 Å². The quantitative estimate of drug-likeness (QED) is 0.302. The highest BCUT2D eigenvalue weighted by Gasteiger charge is 2.24. The summed E-state index contributed by atoms with van der Waals surface area (Å²) in [6, 6.07) is 6.34. The maximum atomic E-state index is 5.40. The lowest BCUT2D eigenvalue weighted by Crippen LogP contribution is -2.45. The maximum Gasteiger partial charge on any atom is 0.191 e. The van der Waals surface area contributed by atoms with Gasteiger partial charge >= 0.3 is 0 Å². The van der Waals surface area contributed by atoms with Crippen LogP contribution in [-0.2, 0) is 12.8 Å². The molecule has 30 heavy (non-hydrogen) atoms. The zero-order valence-corrected chi connectivity index (χ0v) is 21.3. The van der Waals surface area contributed by atoms with Crippen molar-refractivity contribution in [1.29, 1.82) is 0 Å². The molecular formula is C21H32IN5O2S. The molecule has 1 saturated heterocycles. The first kappa shape index (κ1) is 24.5. The third-order valence-electron chi connectivity index (χ3n) is 5.04. The number of aryl methyl sites for hydroxylation is 1. The Kier molecular flexibility index (Phi) is 9.96. The number of thiazole rings is 1. The number of nitrogens with zero attached hydrogens (tertiary/aromatic N) is 3. The van der Waals surface area contributed by atoms with Crippen LogP contribution in [0.25, 0.3) is 0 Å². The predicted octanol–water partition coefficient (Wildman–Crippen LogP) is 3.33. The summed E-state index contributed by atoms with van der Waals surface area (Å²) in [4.78, 5) is 12.5. The van der Waals surface area contributed by atoms with Gasteiger partial charge in [-0.1, -0.05) is 6.92 Å². The van der Waals surface area contributed by atoms with Crippen LogP contribution in [0.1, 0.15) is 23.2 Å². The van der Waals surface area contributed by atoms with E-state index in [2.05, 4.69) is 44.6 Å². The van der Waals surface area contributed by atoms with Gasteiger partial charge < -0.3 is 25.0 Å². The summed E-state index contributed by atoms with van der Waals surface area (Å²) < 4.78 is 10.8. The molecule has 1 atom stereocenters. The number of aliphatic imine (C=N–C) groups is 1. The molecule has 166 valence electrons. The molecule has 1 aromatic heterocycles. The van der Waals surface area contributed by atoms with E-state index in [4.69, 9.17) is 9.47 Å². The van der Waals surface area contributed by atoms with Crippen molar-refractivity contribution in [3.8, 4) is 11.5 Å². The van der Waals surface area contributed by atoms with Crippen LogP contribution in [0.4, 0.5) is 5.69 Å². The SMILES string of the molecule is CCc1cnc(CCNC(=NC)NC2CCN(c3cc(OC)cc(OC)c3)C2)s1.I. The lowest BCUT2D eigenvalue weighted by Gasteiger charge is -2.21. The van der Waals surface area contributed by atoms with E-state index in [0.29, 0.717) is 6.04 Å². The Labute approximate surface area is 200 Å². The van der Waals surface area contributed by atoms with E-state index in [0.717, 1.165) is 62.0 Å². The van der Waals surface area contributed by atoms with Gasteiger partial charge in [-0.05, 0) is 12.8 Å². The molecule has 0 spiro atoms. The standard InChI is InChI=1S/C21H31N5O2S.HI/c1-5-19-13-24-20(29-19)6-8-23-21(22-2)25-15-7-9-26(14-15)16-10-17(27-3)12-18(11-16)28-4;/h10-13,15H,5-9,14H2,1-4H3,(H2,22,23,25);1H. The molecule has 1 unspecified atom stereocenters. The Morgan fingerprint density at radius 1 is 1.27 bits per heavy atom. The molecule has 2 heterocycles. The van der Waals surface area contributed by atoms with Gasteiger partial charge in [-0.3, -0.25) is 4.99 Å². The molecule has 9 heteroatoms. The van der Waals surface area contributed by atoms with E-state index in [1.165, 1.54) is 9.88 Å². The van der Waals surface area contributed by atoms with Crippen LogP contribution >= 0.6 is 35.3 Å². The van der Waals surface area contributed by atoms with E-state index < -0.39 is 0 Å². The fraction of sp³-hybridized carbons (Fsp3) is 0.524. The number of ether oxygens (including phenoxy) is 2. The summed E-state index contributed by atoms with van der Waals surface area (Å²) in [5, 5.41) is 8.12. The average Bonchev–Trinajstić information content (AvgIpc) is 3.42. The lowest BCUT2D eigenvalue weighted by atomic mass is 10.2. The van der Waals surface area contributed by atoms with Crippen LogP contribution in [0.2, 0.25) is 0 Å². The molecule has 7 nitrogen and oxygen atoms in total. The number of halogens is 1. The molecule has 0 aliphatic carbocycles. The molecule has 1 aliphatic heterocycles. The van der Waals surface area contributed by atoms with Crippen molar-refractivity contribution in [2.45, 2.75) is 32.2 Å². The van der Waals surface area contributed by atoms with Crippen molar-refractivity contribution in [3.63, 3.8) is 0 Å². The molecule has 0 radical (unpaired) electrons. The van der Waals surface area contributed by atoms with Gasteiger partial charge in [0.25, 0.3) is 0 Å². The summed E-state index contributed by atoms with van der Waals surface area (Å²) in [7, 11) is 5.17. The number of rotatable bonds is 8. The maximum absolute atomic E-state index is 5.40. The van der Waals surface area contributed by atoms with Crippen LogP contribution in [0.3, 0.4) is 0 Å². The van der Waals surface area contributed by atoms with Crippen molar-refractivity contribution in [1.82, 2.24) is 15.6 Å². The minimum Gasteiger partial charge on any atom is -0.497 e. The van der Waals surface area contributed by atoms with Gasteiger partial charge in [0.2, 0.25) is 0 Å².